The summed E-state index contributed by atoms with van der Waals surface area (Å²) in [4.78, 5) is 0. The van der Waals surface area contributed by atoms with Gasteiger partial charge in [0, 0.05) is 32.9 Å². The highest BCUT2D eigenvalue weighted by atomic mass is 16.5. The molecule has 0 aliphatic carbocycles. The summed E-state index contributed by atoms with van der Waals surface area (Å²) in [5.41, 5.74) is 0.189. The standard InChI is InChI=1S/C10H17N3O2/c1-13-8-9(11-12-13)7-10(14)3-2-5-15-6-4-10/h8,14H,2-7H2,1H3. The molecule has 0 saturated carbocycles. The van der Waals surface area contributed by atoms with Crippen molar-refractivity contribution in [3.63, 3.8) is 0 Å². The van der Waals surface area contributed by atoms with E-state index in [1.165, 1.54) is 0 Å². The zero-order valence-electron chi connectivity index (χ0n) is 9.02. The summed E-state index contributed by atoms with van der Waals surface area (Å²) >= 11 is 0. The number of aryl methyl sites for hydroxylation is 1. The van der Waals surface area contributed by atoms with Gasteiger partial charge in [0.25, 0.3) is 0 Å². The van der Waals surface area contributed by atoms with Crippen LogP contribution in [0.3, 0.4) is 0 Å². The highest BCUT2D eigenvalue weighted by Gasteiger charge is 2.29. The average Bonchev–Trinajstić information content (AvgIpc) is 2.46. The summed E-state index contributed by atoms with van der Waals surface area (Å²) in [6, 6.07) is 0. The van der Waals surface area contributed by atoms with Gasteiger partial charge < -0.3 is 9.84 Å². The quantitative estimate of drug-likeness (QED) is 0.763. The van der Waals surface area contributed by atoms with Crippen LogP contribution in [0, 0.1) is 0 Å². The van der Waals surface area contributed by atoms with Crippen LogP contribution in [-0.4, -0.2) is 38.9 Å². The first-order chi connectivity index (χ1) is 7.18. The van der Waals surface area contributed by atoms with Crippen molar-refractivity contribution in [2.75, 3.05) is 13.2 Å². The number of hydrogen-bond acceptors (Lipinski definition) is 4. The lowest BCUT2D eigenvalue weighted by Gasteiger charge is -2.24. The lowest BCUT2D eigenvalue weighted by molar-refractivity contribution is 0.0180. The molecule has 1 unspecified atom stereocenters. The molecule has 1 saturated heterocycles. The second kappa shape index (κ2) is 4.28. The molecule has 84 valence electrons. The Morgan fingerprint density at radius 1 is 1.53 bits per heavy atom. The van der Waals surface area contributed by atoms with Crippen LogP contribution >= 0.6 is 0 Å². The Morgan fingerprint density at radius 3 is 3.13 bits per heavy atom. The van der Waals surface area contributed by atoms with Crippen molar-refractivity contribution in [1.29, 1.82) is 0 Å². The van der Waals surface area contributed by atoms with Gasteiger partial charge in [0.2, 0.25) is 0 Å². The van der Waals surface area contributed by atoms with Crippen LogP contribution in [0.15, 0.2) is 6.20 Å². The maximum Gasteiger partial charge on any atom is 0.0855 e. The smallest absolute Gasteiger partial charge is 0.0855 e. The fourth-order valence-electron chi connectivity index (χ4n) is 1.98. The number of nitrogens with zero attached hydrogens (tertiary/aromatic N) is 3. The maximum absolute atomic E-state index is 10.4. The number of aliphatic hydroxyl groups is 1. The molecule has 1 fully saturated rings. The lowest BCUT2D eigenvalue weighted by Crippen LogP contribution is -2.31. The van der Waals surface area contributed by atoms with Crippen LogP contribution in [0.25, 0.3) is 0 Å². The van der Waals surface area contributed by atoms with Gasteiger partial charge >= 0.3 is 0 Å². The highest BCUT2D eigenvalue weighted by Crippen LogP contribution is 2.24. The first-order valence-corrected chi connectivity index (χ1v) is 5.33. The maximum atomic E-state index is 10.4. The average molecular weight is 211 g/mol. The fourth-order valence-corrected chi connectivity index (χ4v) is 1.98. The van der Waals surface area contributed by atoms with Gasteiger partial charge in [-0.05, 0) is 19.3 Å². The Kier molecular flexibility index (Phi) is 3.02. The van der Waals surface area contributed by atoms with E-state index >= 15 is 0 Å². The highest BCUT2D eigenvalue weighted by molar-refractivity contribution is 4.99. The van der Waals surface area contributed by atoms with Crippen molar-refractivity contribution in [2.24, 2.45) is 7.05 Å². The fraction of sp³-hybridized carbons (Fsp3) is 0.800. The van der Waals surface area contributed by atoms with Crippen molar-refractivity contribution in [2.45, 2.75) is 31.3 Å². The molecule has 2 rings (SSSR count). The minimum Gasteiger partial charge on any atom is -0.389 e. The molecule has 1 N–H and O–H groups in total. The summed E-state index contributed by atoms with van der Waals surface area (Å²) < 4.78 is 6.99. The summed E-state index contributed by atoms with van der Waals surface area (Å²) in [5, 5.41) is 18.2. The van der Waals surface area contributed by atoms with Gasteiger partial charge in [-0.15, -0.1) is 5.10 Å². The van der Waals surface area contributed by atoms with Crippen LogP contribution in [0.2, 0.25) is 0 Å². The number of aromatic nitrogens is 3. The van der Waals surface area contributed by atoms with E-state index in [1.54, 1.807) is 4.68 Å². The van der Waals surface area contributed by atoms with E-state index in [0.29, 0.717) is 19.4 Å². The molecule has 2 heterocycles. The Bertz CT molecular complexity index is 316. The van der Waals surface area contributed by atoms with E-state index in [-0.39, 0.29) is 0 Å². The molecule has 15 heavy (non-hydrogen) atoms. The van der Waals surface area contributed by atoms with E-state index in [2.05, 4.69) is 10.3 Å². The third-order valence-corrected chi connectivity index (χ3v) is 2.80. The number of rotatable bonds is 2. The van der Waals surface area contributed by atoms with Crippen LogP contribution in [0.4, 0.5) is 0 Å². The molecular formula is C10H17N3O2. The molecular weight excluding hydrogens is 194 g/mol. The molecule has 0 amide bonds. The molecule has 1 aromatic heterocycles. The van der Waals surface area contributed by atoms with Gasteiger partial charge in [0.05, 0.1) is 11.3 Å². The second-order valence-electron chi connectivity index (χ2n) is 4.25. The SMILES string of the molecule is Cn1cc(CC2(O)CCCOCC2)nn1. The Morgan fingerprint density at radius 2 is 2.40 bits per heavy atom. The molecule has 0 aromatic carbocycles. The van der Waals surface area contributed by atoms with Crippen LogP contribution < -0.4 is 0 Å². The largest absolute Gasteiger partial charge is 0.389 e. The van der Waals surface area contributed by atoms with Gasteiger partial charge in [0.15, 0.2) is 0 Å². The molecule has 0 bridgehead atoms. The van der Waals surface area contributed by atoms with Crippen molar-refractivity contribution in [3.05, 3.63) is 11.9 Å². The topological polar surface area (TPSA) is 60.2 Å². The summed E-state index contributed by atoms with van der Waals surface area (Å²) in [6.45, 7) is 1.39. The number of ether oxygens (including phenoxy) is 1. The van der Waals surface area contributed by atoms with Gasteiger partial charge in [-0.1, -0.05) is 5.21 Å². The van der Waals surface area contributed by atoms with Crippen molar-refractivity contribution < 1.29 is 9.84 Å². The zero-order valence-corrected chi connectivity index (χ0v) is 9.02. The molecule has 5 nitrogen and oxygen atoms in total. The second-order valence-corrected chi connectivity index (χ2v) is 4.25. The van der Waals surface area contributed by atoms with E-state index in [1.807, 2.05) is 13.2 Å². The molecule has 0 radical (unpaired) electrons. The third kappa shape index (κ3) is 2.76. The summed E-state index contributed by atoms with van der Waals surface area (Å²) in [5.74, 6) is 0. The van der Waals surface area contributed by atoms with Gasteiger partial charge in [-0.3, -0.25) is 4.68 Å². The molecule has 1 atom stereocenters. The Balaban J connectivity index is 2.02. The Labute approximate surface area is 89.0 Å². The van der Waals surface area contributed by atoms with E-state index in [4.69, 9.17) is 4.74 Å². The summed E-state index contributed by atoms with van der Waals surface area (Å²) in [6.07, 6.45) is 4.80. The predicted octanol–water partition coefficient (Wildman–Crippen LogP) is 0.289. The predicted molar refractivity (Wildman–Crippen MR) is 54.3 cm³/mol. The van der Waals surface area contributed by atoms with Crippen molar-refractivity contribution >= 4 is 0 Å². The minimum absolute atomic E-state index is 0.574. The van der Waals surface area contributed by atoms with Crippen LogP contribution in [0.5, 0.6) is 0 Å². The van der Waals surface area contributed by atoms with E-state index < -0.39 is 5.60 Å². The first kappa shape index (κ1) is 10.6. The monoisotopic (exact) mass is 211 g/mol. The van der Waals surface area contributed by atoms with Gasteiger partial charge in [0.1, 0.15) is 0 Å². The lowest BCUT2D eigenvalue weighted by atomic mass is 9.90. The van der Waals surface area contributed by atoms with Crippen molar-refractivity contribution in [3.8, 4) is 0 Å². The van der Waals surface area contributed by atoms with Gasteiger partial charge in [-0.2, -0.15) is 0 Å². The third-order valence-electron chi connectivity index (χ3n) is 2.80. The Hall–Kier alpha value is -0.940. The molecule has 1 aliphatic rings. The molecule has 1 aromatic rings. The normalized spacial score (nSPS) is 27.6. The summed E-state index contributed by atoms with van der Waals surface area (Å²) in [7, 11) is 1.83. The zero-order chi connectivity index (χ0) is 10.7. The van der Waals surface area contributed by atoms with E-state index in [9.17, 15) is 5.11 Å². The number of hydrogen-bond donors (Lipinski definition) is 1. The van der Waals surface area contributed by atoms with Crippen LogP contribution in [-0.2, 0) is 18.2 Å². The van der Waals surface area contributed by atoms with Gasteiger partial charge in [-0.25, -0.2) is 0 Å². The van der Waals surface area contributed by atoms with E-state index in [0.717, 1.165) is 25.1 Å². The minimum atomic E-state index is -0.660. The molecule has 5 heteroatoms. The molecule has 0 spiro atoms. The van der Waals surface area contributed by atoms with Crippen LogP contribution in [0.1, 0.15) is 25.0 Å². The first-order valence-electron chi connectivity index (χ1n) is 5.33. The van der Waals surface area contributed by atoms with Crippen molar-refractivity contribution in [1.82, 2.24) is 15.0 Å². The molecule has 1 aliphatic heterocycles.